The summed E-state index contributed by atoms with van der Waals surface area (Å²) < 4.78 is 0. The first-order valence-electron chi connectivity index (χ1n) is 4.72. The van der Waals surface area contributed by atoms with E-state index in [1.54, 1.807) is 0 Å². The van der Waals surface area contributed by atoms with Crippen LogP contribution in [0.15, 0.2) is 18.3 Å². The zero-order valence-corrected chi connectivity index (χ0v) is 8.54. The molecule has 0 spiro atoms. The molecular weight excluding hydrogens is 160 g/mol. The Hall–Kier alpha value is -0.890. The quantitative estimate of drug-likeness (QED) is 0.599. The second-order valence-electron chi connectivity index (χ2n) is 4.57. The first-order valence-corrected chi connectivity index (χ1v) is 4.72. The fourth-order valence-electron chi connectivity index (χ4n) is 2.27. The maximum Gasteiger partial charge on any atom is 0.0517 e. The van der Waals surface area contributed by atoms with Crippen molar-refractivity contribution in [3.8, 4) is 0 Å². The van der Waals surface area contributed by atoms with Crippen LogP contribution in [0.25, 0.3) is 0 Å². The minimum absolute atomic E-state index is 0.198. The lowest BCUT2D eigenvalue weighted by Crippen LogP contribution is -2.40. The van der Waals surface area contributed by atoms with E-state index in [4.69, 9.17) is 0 Å². The van der Waals surface area contributed by atoms with Gasteiger partial charge in [-0.2, -0.15) is 0 Å². The summed E-state index contributed by atoms with van der Waals surface area (Å²) in [6.45, 7) is 6.65. The molecule has 0 atom stereocenters. The topological polar surface area (TPSA) is 16.1 Å². The molecule has 0 fully saturated rings. The number of hydrogen-bond donors (Lipinski definition) is 0. The van der Waals surface area contributed by atoms with Crippen LogP contribution in [-0.4, -0.2) is 23.5 Å². The smallest absolute Gasteiger partial charge is 0.0517 e. The molecule has 0 aromatic carbocycles. The molecule has 70 valence electrons. The average Bonchev–Trinajstić information content (AvgIpc) is 2.02. The highest BCUT2D eigenvalue weighted by atomic mass is 15.1. The van der Waals surface area contributed by atoms with E-state index in [9.17, 15) is 0 Å². The molecule has 0 amide bonds. The summed E-state index contributed by atoms with van der Waals surface area (Å²) >= 11 is 0. The summed E-state index contributed by atoms with van der Waals surface area (Å²) in [5, 5.41) is 0. The van der Waals surface area contributed by atoms with E-state index in [0.29, 0.717) is 0 Å². The molecule has 1 aromatic heterocycles. The Bertz CT molecular complexity index is 318. The van der Waals surface area contributed by atoms with E-state index in [1.165, 1.54) is 11.3 Å². The van der Waals surface area contributed by atoms with Crippen molar-refractivity contribution in [2.24, 2.45) is 0 Å². The van der Waals surface area contributed by atoms with Crippen molar-refractivity contribution in [2.75, 3.05) is 13.6 Å². The lowest BCUT2D eigenvalue weighted by molar-refractivity contribution is 0.230. The normalized spacial score (nSPS) is 21.2. The molecule has 2 heteroatoms. The highest BCUT2D eigenvalue weighted by Crippen LogP contribution is 2.30. The van der Waals surface area contributed by atoms with Gasteiger partial charge in [0.15, 0.2) is 0 Å². The molecular formula is C11H16N2. The standard InChI is InChI=1S/C11H16N2/c1-11(2)8-13(3)7-9-5-4-6-12-10(9)11/h4-6H,7-8H2,1-3H3. The van der Waals surface area contributed by atoms with Crippen LogP contribution in [0.3, 0.4) is 0 Å². The second-order valence-corrected chi connectivity index (χ2v) is 4.57. The van der Waals surface area contributed by atoms with Gasteiger partial charge in [0.2, 0.25) is 0 Å². The van der Waals surface area contributed by atoms with Crippen molar-refractivity contribution < 1.29 is 0 Å². The molecule has 0 aliphatic carbocycles. The Labute approximate surface area is 79.6 Å². The summed E-state index contributed by atoms with van der Waals surface area (Å²) in [7, 11) is 2.16. The van der Waals surface area contributed by atoms with Crippen LogP contribution < -0.4 is 0 Å². The maximum atomic E-state index is 4.48. The third-order valence-corrected chi connectivity index (χ3v) is 2.64. The van der Waals surface area contributed by atoms with Gasteiger partial charge in [-0.05, 0) is 18.7 Å². The third kappa shape index (κ3) is 1.46. The van der Waals surface area contributed by atoms with Crippen LogP contribution >= 0.6 is 0 Å². The Morgan fingerprint density at radius 3 is 3.00 bits per heavy atom. The number of hydrogen-bond acceptors (Lipinski definition) is 2. The van der Waals surface area contributed by atoms with Crippen LogP contribution in [0.4, 0.5) is 0 Å². The van der Waals surface area contributed by atoms with Crippen LogP contribution in [0.2, 0.25) is 0 Å². The molecule has 13 heavy (non-hydrogen) atoms. The second kappa shape index (κ2) is 2.81. The lowest BCUT2D eigenvalue weighted by atomic mass is 9.82. The summed E-state index contributed by atoms with van der Waals surface area (Å²) in [4.78, 5) is 6.83. The predicted octanol–water partition coefficient (Wildman–Crippen LogP) is 1.80. The third-order valence-electron chi connectivity index (χ3n) is 2.64. The van der Waals surface area contributed by atoms with Crippen molar-refractivity contribution in [2.45, 2.75) is 25.8 Å². The first-order chi connectivity index (χ1) is 6.09. The van der Waals surface area contributed by atoms with Crippen LogP contribution in [0.5, 0.6) is 0 Å². The van der Waals surface area contributed by atoms with Gasteiger partial charge in [-0.15, -0.1) is 0 Å². The van der Waals surface area contributed by atoms with E-state index >= 15 is 0 Å². The van der Waals surface area contributed by atoms with Gasteiger partial charge in [-0.1, -0.05) is 19.9 Å². The Morgan fingerprint density at radius 1 is 1.46 bits per heavy atom. The van der Waals surface area contributed by atoms with Crippen molar-refractivity contribution >= 4 is 0 Å². The van der Waals surface area contributed by atoms with Crippen LogP contribution in [0.1, 0.15) is 25.1 Å². The van der Waals surface area contributed by atoms with Gasteiger partial charge in [-0.3, -0.25) is 4.98 Å². The van der Waals surface area contributed by atoms with Crippen molar-refractivity contribution in [3.05, 3.63) is 29.6 Å². The van der Waals surface area contributed by atoms with Gasteiger partial charge < -0.3 is 4.90 Å². The molecule has 1 aliphatic heterocycles. The molecule has 0 bridgehead atoms. The lowest BCUT2D eigenvalue weighted by Gasteiger charge is -2.36. The van der Waals surface area contributed by atoms with Gasteiger partial charge in [0.05, 0.1) is 5.69 Å². The molecule has 1 aromatic rings. The number of nitrogens with zero attached hydrogens (tertiary/aromatic N) is 2. The maximum absolute atomic E-state index is 4.48. The van der Waals surface area contributed by atoms with E-state index in [1.807, 2.05) is 12.3 Å². The number of aromatic nitrogens is 1. The van der Waals surface area contributed by atoms with Gasteiger partial charge in [0.25, 0.3) is 0 Å². The fraction of sp³-hybridized carbons (Fsp3) is 0.545. The summed E-state index contributed by atoms with van der Waals surface area (Å²) in [6.07, 6.45) is 1.89. The summed E-state index contributed by atoms with van der Waals surface area (Å²) in [5.74, 6) is 0. The van der Waals surface area contributed by atoms with Gasteiger partial charge >= 0.3 is 0 Å². The largest absolute Gasteiger partial charge is 0.301 e. The SMILES string of the molecule is CN1Cc2cccnc2C(C)(C)C1. The van der Waals surface area contributed by atoms with Crippen molar-refractivity contribution in [1.82, 2.24) is 9.88 Å². The van der Waals surface area contributed by atoms with Crippen LogP contribution in [-0.2, 0) is 12.0 Å². The Balaban J connectivity index is 2.50. The molecule has 0 saturated carbocycles. The molecule has 0 radical (unpaired) electrons. The van der Waals surface area contributed by atoms with Gasteiger partial charge in [0.1, 0.15) is 0 Å². The Morgan fingerprint density at radius 2 is 2.23 bits per heavy atom. The van der Waals surface area contributed by atoms with E-state index in [-0.39, 0.29) is 5.41 Å². The first kappa shape index (κ1) is 8.70. The number of likely N-dealkylation sites (N-methyl/N-ethyl adjacent to an activating group) is 1. The highest BCUT2D eigenvalue weighted by molar-refractivity contribution is 5.29. The van der Waals surface area contributed by atoms with E-state index in [2.05, 4.69) is 36.8 Å². The fourth-order valence-corrected chi connectivity index (χ4v) is 2.27. The number of pyridine rings is 1. The molecule has 2 heterocycles. The minimum atomic E-state index is 0.198. The average molecular weight is 176 g/mol. The number of rotatable bonds is 0. The molecule has 0 unspecified atom stereocenters. The van der Waals surface area contributed by atoms with Gasteiger partial charge in [-0.25, -0.2) is 0 Å². The molecule has 0 saturated heterocycles. The molecule has 0 N–H and O–H groups in total. The molecule has 2 nitrogen and oxygen atoms in total. The zero-order valence-electron chi connectivity index (χ0n) is 8.54. The van der Waals surface area contributed by atoms with E-state index < -0.39 is 0 Å². The van der Waals surface area contributed by atoms with Crippen molar-refractivity contribution in [1.29, 1.82) is 0 Å². The zero-order chi connectivity index (χ0) is 9.47. The minimum Gasteiger partial charge on any atom is -0.301 e. The Kier molecular flexibility index (Phi) is 1.88. The van der Waals surface area contributed by atoms with Crippen molar-refractivity contribution in [3.63, 3.8) is 0 Å². The van der Waals surface area contributed by atoms with Crippen LogP contribution in [0, 0.1) is 0 Å². The molecule has 2 rings (SSSR count). The monoisotopic (exact) mass is 176 g/mol. The molecule has 1 aliphatic rings. The van der Waals surface area contributed by atoms with Gasteiger partial charge in [0, 0.05) is 24.7 Å². The summed E-state index contributed by atoms with van der Waals surface area (Å²) in [6, 6.07) is 4.20. The summed E-state index contributed by atoms with van der Waals surface area (Å²) in [5.41, 5.74) is 2.85. The number of fused-ring (bicyclic) bond motifs is 1. The van der Waals surface area contributed by atoms with E-state index in [0.717, 1.165) is 13.1 Å². The highest BCUT2D eigenvalue weighted by Gasteiger charge is 2.30. The predicted molar refractivity (Wildman–Crippen MR) is 53.6 cm³/mol.